The molecule has 0 unspecified atom stereocenters. The van der Waals surface area contributed by atoms with Gasteiger partial charge in [0, 0.05) is 32.7 Å². The van der Waals surface area contributed by atoms with Crippen LogP contribution in [-0.4, -0.2) is 30.9 Å². The van der Waals surface area contributed by atoms with Crippen molar-refractivity contribution < 1.29 is 14.3 Å². The van der Waals surface area contributed by atoms with Crippen molar-refractivity contribution in [1.29, 1.82) is 0 Å². The van der Waals surface area contributed by atoms with E-state index in [-0.39, 0.29) is 5.91 Å². The van der Waals surface area contributed by atoms with Crippen LogP contribution in [0.2, 0.25) is 0 Å². The van der Waals surface area contributed by atoms with Gasteiger partial charge in [0.05, 0.1) is 20.4 Å². The molecule has 0 fully saturated rings. The van der Waals surface area contributed by atoms with Gasteiger partial charge in [0.2, 0.25) is 0 Å². The highest BCUT2D eigenvalue weighted by Crippen LogP contribution is 2.31. The van der Waals surface area contributed by atoms with Crippen molar-refractivity contribution in [3.8, 4) is 17.2 Å². The molecule has 7 heteroatoms. The summed E-state index contributed by atoms with van der Waals surface area (Å²) in [5.74, 6) is 0.708. The number of halogens is 1. The van der Waals surface area contributed by atoms with Gasteiger partial charge in [-0.2, -0.15) is 5.10 Å². The van der Waals surface area contributed by atoms with E-state index < -0.39 is 0 Å². The smallest absolute Gasteiger partial charge is 0.271 e. The fourth-order valence-corrected chi connectivity index (χ4v) is 3.91. The molecule has 30 heavy (non-hydrogen) atoms. The summed E-state index contributed by atoms with van der Waals surface area (Å²) in [5, 5.41) is 4.17. The zero-order valence-electron chi connectivity index (χ0n) is 17.6. The molecule has 0 saturated carbocycles. The maximum absolute atomic E-state index is 12.5. The molecule has 3 aromatic rings. The first-order valence-corrected chi connectivity index (χ1v) is 10.2. The summed E-state index contributed by atoms with van der Waals surface area (Å²) < 4.78 is 13.6. The van der Waals surface area contributed by atoms with Gasteiger partial charge in [-0.1, -0.05) is 18.2 Å². The van der Waals surface area contributed by atoms with Gasteiger partial charge in [0.15, 0.2) is 11.5 Å². The molecular formula is C23H24BrN3O3. The highest BCUT2D eigenvalue weighted by atomic mass is 79.9. The number of hydrogen-bond acceptors (Lipinski definition) is 4. The number of benzene rings is 2. The molecule has 0 aliphatic heterocycles. The van der Waals surface area contributed by atoms with Crippen molar-refractivity contribution in [1.82, 2.24) is 9.99 Å². The lowest BCUT2D eigenvalue weighted by Gasteiger charge is -2.12. The van der Waals surface area contributed by atoms with Crippen molar-refractivity contribution >= 4 is 28.1 Å². The summed E-state index contributed by atoms with van der Waals surface area (Å²) in [6, 6.07) is 13.2. The number of carbonyl (C=O) groups is 1. The van der Waals surface area contributed by atoms with E-state index >= 15 is 0 Å². The molecular weight excluding hydrogens is 446 g/mol. The molecule has 0 radical (unpaired) electrons. The van der Waals surface area contributed by atoms with Gasteiger partial charge in [-0.15, -0.1) is 0 Å². The monoisotopic (exact) mass is 469 g/mol. The average Bonchev–Trinajstić information content (AvgIpc) is 2.96. The Labute approximate surface area is 184 Å². The van der Waals surface area contributed by atoms with Gasteiger partial charge in [0.25, 0.3) is 5.91 Å². The predicted molar refractivity (Wildman–Crippen MR) is 122 cm³/mol. The van der Waals surface area contributed by atoms with Crippen LogP contribution in [0.5, 0.6) is 11.5 Å². The van der Waals surface area contributed by atoms with Crippen molar-refractivity contribution in [3.05, 3.63) is 75.0 Å². The Morgan fingerprint density at radius 1 is 1.03 bits per heavy atom. The lowest BCUT2D eigenvalue weighted by atomic mass is 10.2. The molecule has 0 aliphatic carbocycles. The van der Waals surface area contributed by atoms with E-state index in [2.05, 4.69) is 50.1 Å². The van der Waals surface area contributed by atoms with E-state index in [4.69, 9.17) is 9.47 Å². The number of nitrogens with one attached hydrogen (secondary N) is 1. The zero-order chi connectivity index (χ0) is 21.8. The number of hydrogen-bond donors (Lipinski definition) is 1. The second kappa shape index (κ2) is 9.17. The fraction of sp³-hybridized carbons (Fsp3) is 0.217. The Morgan fingerprint density at radius 3 is 2.40 bits per heavy atom. The van der Waals surface area contributed by atoms with E-state index in [0.29, 0.717) is 17.1 Å². The minimum absolute atomic E-state index is 0.337. The van der Waals surface area contributed by atoms with Gasteiger partial charge >= 0.3 is 0 Å². The first kappa shape index (κ1) is 21.6. The van der Waals surface area contributed by atoms with Crippen LogP contribution in [0.25, 0.3) is 5.69 Å². The zero-order valence-corrected chi connectivity index (χ0v) is 19.2. The number of aryl methyl sites for hydroxylation is 1. The van der Waals surface area contributed by atoms with Crippen molar-refractivity contribution in [3.63, 3.8) is 0 Å². The van der Waals surface area contributed by atoms with E-state index in [1.807, 2.05) is 26.0 Å². The molecule has 0 atom stereocenters. The highest BCUT2D eigenvalue weighted by Gasteiger charge is 2.17. The molecule has 6 nitrogen and oxygen atoms in total. The van der Waals surface area contributed by atoms with Crippen molar-refractivity contribution in [2.24, 2.45) is 5.10 Å². The molecule has 1 amide bonds. The fourth-order valence-electron chi connectivity index (χ4n) is 3.35. The molecule has 1 N–H and O–H groups in total. The van der Waals surface area contributed by atoms with Gasteiger partial charge in [-0.25, -0.2) is 5.43 Å². The Kier molecular flexibility index (Phi) is 6.62. The minimum Gasteiger partial charge on any atom is -0.493 e. The minimum atomic E-state index is -0.337. The molecule has 0 saturated heterocycles. The third-order valence-electron chi connectivity index (χ3n) is 4.98. The quantitative estimate of drug-likeness (QED) is 0.410. The number of rotatable bonds is 6. The maximum Gasteiger partial charge on any atom is 0.271 e. The van der Waals surface area contributed by atoms with Crippen molar-refractivity contribution in [2.45, 2.75) is 20.8 Å². The molecule has 0 aliphatic rings. The van der Waals surface area contributed by atoms with Crippen molar-refractivity contribution in [2.75, 3.05) is 14.2 Å². The summed E-state index contributed by atoms with van der Waals surface area (Å²) in [5.41, 5.74) is 8.29. The summed E-state index contributed by atoms with van der Waals surface area (Å²) in [6.45, 7) is 6.16. The molecule has 1 heterocycles. The number of nitrogens with zero attached hydrogens (tertiary/aromatic N) is 2. The summed E-state index contributed by atoms with van der Waals surface area (Å²) in [7, 11) is 3.08. The van der Waals surface area contributed by atoms with Gasteiger partial charge in [-0.3, -0.25) is 4.79 Å². The summed E-state index contributed by atoms with van der Waals surface area (Å²) in [6.07, 6.45) is 1.65. The topological polar surface area (TPSA) is 64.8 Å². The Bertz CT molecular complexity index is 1120. The second-order valence-electron chi connectivity index (χ2n) is 6.79. The first-order valence-electron chi connectivity index (χ1n) is 9.37. The number of methoxy groups -OCH3 is 2. The van der Waals surface area contributed by atoms with E-state index in [0.717, 1.165) is 27.1 Å². The third-order valence-corrected chi connectivity index (χ3v) is 5.98. The van der Waals surface area contributed by atoms with Crippen LogP contribution in [0, 0.1) is 20.8 Å². The number of ether oxygens (including phenoxy) is 2. The standard InChI is InChI=1S/C23H24BrN3O3/c1-14-8-6-7-9-19(14)27-15(2)18(22(24)16(27)3)13-25-26-23(28)17-10-11-20(29-4)21(12-17)30-5/h6-13H,1-5H3,(H,26,28). The average molecular weight is 470 g/mol. The van der Waals surface area contributed by atoms with E-state index in [1.54, 1.807) is 31.5 Å². The molecule has 0 bridgehead atoms. The Hall–Kier alpha value is -3.06. The highest BCUT2D eigenvalue weighted by molar-refractivity contribution is 9.10. The molecule has 0 spiro atoms. The van der Waals surface area contributed by atoms with Crippen LogP contribution in [0.1, 0.15) is 32.9 Å². The second-order valence-corrected chi connectivity index (χ2v) is 7.58. The summed E-state index contributed by atoms with van der Waals surface area (Å²) in [4.78, 5) is 12.5. The van der Waals surface area contributed by atoms with Gasteiger partial charge in [-0.05, 0) is 66.5 Å². The number of para-hydroxylation sites is 1. The SMILES string of the molecule is COc1ccc(C(=O)NN=Cc2c(Br)c(C)n(-c3ccccc3C)c2C)cc1OC. The largest absolute Gasteiger partial charge is 0.493 e. The number of aromatic nitrogens is 1. The van der Waals surface area contributed by atoms with Crippen LogP contribution in [0.15, 0.2) is 52.0 Å². The van der Waals surface area contributed by atoms with Crippen LogP contribution in [0.4, 0.5) is 0 Å². The lowest BCUT2D eigenvalue weighted by Crippen LogP contribution is -2.17. The molecule has 1 aromatic heterocycles. The summed E-state index contributed by atoms with van der Waals surface area (Å²) >= 11 is 3.67. The predicted octanol–water partition coefficient (Wildman–Crippen LogP) is 4.95. The lowest BCUT2D eigenvalue weighted by molar-refractivity contribution is 0.0954. The first-order chi connectivity index (χ1) is 14.4. The molecule has 2 aromatic carbocycles. The molecule has 156 valence electrons. The Balaban J connectivity index is 1.84. The number of amides is 1. The number of hydrazone groups is 1. The number of carbonyl (C=O) groups excluding carboxylic acids is 1. The Morgan fingerprint density at radius 2 is 1.73 bits per heavy atom. The van der Waals surface area contributed by atoms with Gasteiger partial charge in [0.1, 0.15) is 0 Å². The van der Waals surface area contributed by atoms with E-state index in [9.17, 15) is 4.79 Å². The van der Waals surface area contributed by atoms with Gasteiger partial charge < -0.3 is 14.0 Å². The third kappa shape index (κ3) is 4.11. The normalized spacial score (nSPS) is 11.0. The van der Waals surface area contributed by atoms with E-state index in [1.165, 1.54) is 12.7 Å². The van der Waals surface area contributed by atoms with Crippen LogP contribution >= 0.6 is 15.9 Å². The van der Waals surface area contributed by atoms with Crippen LogP contribution < -0.4 is 14.9 Å². The maximum atomic E-state index is 12.5. The van der Waals surface area contributed by atoms with Crippen LogP contribution in [-0.2, 0) is 0 Å². The molecule has 3 rings (SSSR count). The van der Waals surface area contributed by atoms with Crippen LogP contribution in [0.3, 0.4) is 0 Å².